The van der Waals surface area contributed by atoms with Crippen LogP contribution in [0.4, 0.5) is 14.5 Å². The van der Waals surface area contributed by atoms with Crippen LogP contribution in [0, 0.1) is 11.6 Å². The number of carbonyl (C=O) groups is 1. The van der Waals surface area contributed by atoms with Crippen molar-refractivity contribution in [3.63, 3.8) is 0 Å². The van der Waals surface area contributed by atoms with Crippen molar-refractivity contribution in [2.24, 2.45) is 0 Å². The van der Waals surface area contributed by atoms with Crippen LogP contribution in [0.15, 0.2) is 42.5 Å². The molecule has 2 aromatic rings. The fourth-order valence-electron chi connectivity index (χ4n) is 3.34. The molecule has 0 amide bonds. The monoisotopic (exact) mass is 331 g/mol. The van der Waals surface area contributed by atoms with Crippen molar-refractivity contribution in [3.05, 3.63) is 65.2 Å². The number of aliphatic carboxylic acids is 1. The molecular formula is C19H19F2NO2. The molecule has 24 heavy (non-hydrogen) atoms. The maximum absolute atomic E-state index is 13.3. The van der Waals surface area contributed by atoms with Gasteiger partial charge in [0, 0.05) is 24.3 Å². The lowest BCUT2D eigenvalue weighted by Gasteiger charge is -2.26. The molecule has 2 aromatic carbocycles. The van der Waals surface area contributed by atoms with Crippen LogP contribution in [-0.2, 0) is 11.2 Å². The third-order valence-electron chi connectivity index (χ3n) is 4.39. The molecule has 1 fully saturated rings. The van der Waals surface area contributed by atoms with Gasteiger partial charge in [-0.05, 0) is 54.7 Å². The van der Waals surface area contributed by atoms with Crippen LogP contribution in [0.5, 0.6) is 0 Å². The summed E-state index contributed by atoms with van der Waals surface area (Å²) in [5.74, 6) is -1.93. The van der Waals surface area contributed by atoms with Crippen LogP contribution in [0.1, 0.15) is 30.4 Å². The van der Waals surface area contributed by atoms with Crippen LogP contribution in [-0.4, -0.2) is 23.7 Å². The molecule has 0 radical (unpaired) electrons. The van der Waals surface area contributed by atoms with E-state index in [-0.39, 0.29) is 12.5 Å². The molecule has 0 unspecified atom stereocenters. The lowest BCUT2D eigenvalue weighted by atomic mass is 10.0. The van der Waals surface area contributed by atoms with E-state index in [2.05, 4.69) is 4.90 Å². The number of anilines is 1. The summed E-state index contributed by atoms with van der Waals surface area (Å²) in [5, 5.41) is 9.00. The molecule has 0 aromatic heterocycles. The first-order chi connectivity index (χ1) is 11.5. The molecule has 0 saturated carbocycles. The van der Waals surface area contributed by atoms with Crippen LogP contribution >= 0.6 is 0 Å². The minimum Gasteiger partial charge on any atom is -0.481 e. The zero-order chi connectivity index (χ0) is 17.1. The fraction of sp³-hybridized carbons (Fsp3) is 0.316. The lowest BCUT2D eigenvalue weighted by molar-refractivity contribution is -0.137. The van der Waals surface area contributed by atoms with E-state index in [1.54, 1.807) is 0 Å². The quantitative estimate of drug-likeness (QED) is 0.900. The van der Waals surface area contributed by atoms with Crippen LogP contribution in [0.3, 0.4) is 0 Å². The van der Waals surface area contributed by atoms with E-state index in [1.807, 2.05) is 24.3 Å². The van der Waals surface area contributed by atoms with Crippen molar-refractivity contribution < 1.29 is 18.7 Å². The number of hydrogen-bond acceptors (Lipinski definition) is 2. The van der Waals surface area contributed by atoms with Crippen LogP contribution in [0.25, 0.3) is 0 Å². The van der Waals surface area contributed by atoms with Gasteiger partial charge in [0.25, 0.3) is 0 Å². The molecular weight excluding hydrogens is 312 g/mol. The van der Waals surface area contributed by atoms with E-state index < -0.39 is 17.6 Å². The average Bonchev–Trinajstić information content (AvgIpc) is 2.94. The summed E-state index contributed by atoms with van der Waals surface area (Å²) in [7, 11) is 0. The molecule has 0 bridgehead atoms. The van der Waals surface area contributed by atoms with Crippen molar-refractivity contribution in [2.75, 3.05) is 11.4 Å². The van der Waals surface area contributed by atoms with Gasteiger partial charge in [0.2, 0.25) is 0 Å². The second-order valence-corrected chi connectivity index (χ2v) is 6.21. The first-order valence-corrected chi connectivity index (χ1v) is 8.03. The summed E-state index contributed by atoms with van der Waals surface area (Å²) >= 11 is 0. The standard InChI is InChI=1S/C19H19F2NO2/c20-15-9-14(10-16(21)11-15)8-13-3-5-17(6-4-13)22-7-1-2-18(22)12-19(23)24/h3-6,9-11,18H,1-2,7-8,12H2,(H,23,24)/t18-/m0/s1. The molecule has 1 atom stereocenters. The van der Waals surface area contributed by atoms with Gasteiger partial charge in [-0.1, -0.05) is 12.1 Å². The Morgan fingerprint density at radius 2 is 1.75 bits per heavy atom. The highest BCUT2D eigenvalue weighted by atomic mass is 19.1. The van der Waals surface area contributed by atoms with E-state index in [0.29, 0.717) is 12.0 Å². The Balaban J connectivity index is 1.72. The number of hydrogen-bond donors (Lipinski definition) is 1. The summed E-state index contributed by atoms with van der Waals surface area (Å²) in [6, 6.07) is 11.3. The van der Waals surface area contributed by atoms with E-state index in [1.165, 1.54) is 12.1 Å². The van der Waals surface area contributed by atoms with E-state index in [4.69, 9.17) is 5.11 Å². The fourth-order valence-corrected chi connectivity index (χ4v) is 3.34. The molecule has 126 valence electrons. The Kier molecular flexibility index (Phi) is 4.79. The Morgan fingerprint density at radius 3 is 2.38 bits per heavy atom. The molecule has 3 rings (SSSR count). The summed E-state index contributed by atoms with van der Waals surface area (Å²) in [4.78, 5) is 13.1. The van der Waals surface area contributed by atoms with Gasteiger partial charge in [-0.25, -0.2) is 8.78 Å². The molecule has 3 nitrogen and oxygen atoms in total. The van der Waals surface area contributed by atoms with Crippen LogP contribution < -0.4 is 4.90 Å². The van der Waals surface area contributed by atoms with Crippen molar-refractivity contribution in [2.45, 2.75) is 31.7 Å². The molecule has 1 aliphatic rings. The van der Waals surface area contributed by atoms with E-state index in [9.17, 15) is 13.6 Å². The zero-order valence-electron chi connectivity index (χ0n) is 13.2. The highest BCUT2D eigenvalue weighted by molar-refractivity contribution is 5.69. The summed E-state index contributed by atoms with van der Waals surface area (Å²) < 4.78 is 26.5. The molecule has 1 aliphatic heterocycles. The van der Waals surface area contributed by atoms with Gasteiger partial charge in [-0.15, -0.1) is 0 Å². The van der Waals surface area contributed by atoms with E-state index >= 15 is 0 Å². The SMILES string of the molecule is O=C(O)C[C@@H]1CCCN1c1ccc(Cc2cc(F)cc(F)c2)cc1. The third-order valence-corrected chi connectivity index (χ3v) is 4.39. The number of rotatable bonds is 5. The summed E-state index contributed by atoms with van der Waals surface area (Å²) in [6.07, 6.45) is 2.47. The van der Waals surface area contributed by atoms with Gasteiger partial charge in [-0.2, -0.15) is 0 Å². The third kappa shape index (κ3) is 3.91. The Bertz CT molecular complexity index is 710. The normalized spacial score (nSPS) is 17.2. The minimum atomic E-state index is -0.781. The first-order valence-electron chi connectivity index (χ1n) is 8.03. The number of carboxylic acids is 1. The smallest absolute Gasteiger partial charge is 0.305 e. The van der Waals surface area contributed by atoms with Gasteiger partial charge >= 0.3 is 5.97 Å². The maximum atomic E-state index is 13.3. The summed E-state index contributed by atoms with van der Waals surface area (Å²) in [6.45, 7) is 0.854. The molecule has 1 saturated heterocycles. The minimum absolute atomic E-state index is 0.0330. The Morgan fingerprint density at radius 1 is 1.08 bits per heavy atom. The number of carboxylic acid groups (broad SMARTS) is 1. The topological polar surface area (TPSA) is 40.5 Å². The zero-order valence-corrected chi connectivity index (χ0v) is 13.2. The highest BCUT2D eigenvalue weighted by Crippen LogP contribution is 2.28. The predicted octanol–water partition coefficient (Wildman–Crippen LogP) is 4.00. The lowest BCUT2D eigenvalue weighted by Crippen LogP contribution is -2.31. The van der Waals surface area contributed by atoms with Gasteiger partial charge in [0.15, 0.2) is 0 Å². The maximum Gasteiger partial charge on any atom is 0.305 e. The van der Waals surface area contributed by atoms with E-state index in [0.717, 1.165) is 36.7 Å². The Labute approximate surface area is 139 Å². The molecule has 5 heteroatoms. The molecule has 1 N–H and O–H groups in total. The first kappa shape index (κ1) is 16.4. The number of halogens is 2. The van der Waals surface area contributed by atoms with Gasteiger partial charge in [0.05, 0.1) is 6.42 Å². The Hall–Kier alpha value is -2.43. The molecule has 1 heterocycles. The van der Waals surface area contributed by atoms with Gasteiger partial charge < -0.3 is 10.0 Å². The van der Waals surface area contributed by atoms with Crippen molar-refractivity contribution in [1.29, 1.82) is 0 Å². The second kappa shape index (κ2) is 6.99. The van der Waals surface area contributed by atoms with Gasteiger partial charge in [0.1, 0.15) is 11.6 Å². The second-order valence-electron chi connectivity index (χ2n) is 6.21. The van der Waals surface area contributed by atoms with Gasteiger partial charge in [-0.3, -0.25) is 4.79 Å². The van der Waals surface area contributed by atoms with Crippen molar-refractivity contribution in [3.8, 4) is 0 Å². The van der Waals surface area contributed by atoms with Crippen LogP contribution in [0.2, 0.25) is 0 Å². The molecule has 0 spiro atoms. The van der Waals surface area contributed by atoms with Crippen molar-refractivity contribution >= 4 is 11.7 Å². The number of benzene rings is 2. The molecule has 0 aliphatic carbocycles. The number of nitrogens with zero attached hydrogens (tertiary/aromatic N) is 1. The largest absolute Gasteiger partial charge is 0.481 e. The summed E-state index contributed by atoms with van der Waals surface area (Å²) in [5.41, 5.74) is 2.54. The average molecular weight is 331 g/mol. The van der Waals surface area contributed by atoms with Crippen molar-refractivity contribution in [1.82, 2.24) is 0 Å². The predicted molar refractivity (Wildman–Crippen MR) is 88.2 cm³/mol. The highest BCUT2D eigenvalue weighted by Gasteiger charge is 2.26.